The highest BCUT2D eigenvalue weighted by atomic mass is 19.3. The molecule has 1 aliphatic rings. The van der Waals surface area contributed by atoms with Crippen molar-refractivity contribution in [2.45, 2.75) is 37.9 Å². The molecule has 9 heteroatoms. The summed E-state index contributed by atoms with van der Waals surface area (Å²) in [6.45, 7) is 0.252. The molecule has 1 unspecified atom stereocenters. The molecular formula is C15H19F2N5O2. The van der Waals surface area contributed by atoms with E-state index in [1.807, 2.05) is 12.3 Å². The van der Waals surface area contributed by atoms with Gasteiger partial charge in [-0.2, -0.15) is 10.2 Å². The first-order valence-electron chi connectivity index (χ1n) is 7.79. The van der Waals surface area contributed by atoms with Crippen LogP contribution in [-0.4, -0.2) is 60.6 Å². The molecule has 2 aromatic heterocycles. The third-order valence-electron chi connectivity index (χ3n) is 4.08. The summed E-state index contributed by atoms with van der Waals surface area (Å²) in [5, 5.41) is 17.3. The van der Waals surface area contributed by atoms with Gasteiger partial charge in [-0.15, -0.1) is 0 Å². The Morgan fingerprint density at radius 3 is 2.83 bits per heavy atom. The predicted molar refractivity (Wildman–Crippen MR) is 80.5 cm³/mol. The van der Waals surface area contributed by atoms with Crippen LogP contribution >= 0.6 is 0 Å². The average Bonchev–Trinajstić information content (AvgIpc) is 3.24. The molecule has 2 aromatic rings. The highest BCUT2D eigenvalue weighted by molar-refractivity contribution is 5.92. The Hall–Kier alpha value is -2.29. The minimum absolute atomic E-state index is 0.135. The van der Waals surface area contributed by atoms with Crippen LogP contribution in [0.5, 0.6) is 0 Å². The molecule has 1 saturated heterocycles. The van der Waals surface area contributed by atoms with Gasteiger partial charge in [-0.05, 0) is 18.6 Å². The molecule has 1 atom stereocenters. The van der Waals surface area contributed by atoms with E-state index in [9.17, 15) is 13.6 Å². The normalized spacial score (nSPS) is 19.8. The second-order valence-corrected chi connectivity index (χ2v) is 5.89. The van der Waals surface area contributed by atoms with E-state index >= 15 is 0 Å². The summed E-state index contributed by atoms with van der Waals surface area (Å²) in [5.74, 6) is -3.44. The van der Waals surface area contributed by atoms with Crippen molar-refractivity contribution in [3.05, 3.63) is 36.4 Å². The number of aliphatic hydroxyl groups excluding tert-OH is 1. The number of aliphatic hydroxyl groups is 1. The van der Waals surface area contributed by atoms with Crippen LogP contribution in [-0.2, 0) is 13.1 Å². The zero-order valence-corrected chi connectivity index (χ0v) is 13.1. The van der Waals surface area contributed by atoms with Crippen LogP contribution in [0.1, 0.15) is 23.3 Å². The summed E-state index contributed by atoms with van der Waals surface area (Å²) in [6.07, 6.45) is 4.86. The number of alkyl halides is 2. The highest BCUT2D eigenvalue weighted by Crippen LogP contribution is 2.34. The summed E-state index contributed by atoms with van der Waals surface area (Å²) in [4.78, 5) is 13.6. The lowest BCUT2D eigenvalue weighted by Crippen LogP contribution is -2.37. The van der Waals surface area contributed by atoms with Crippen molar-refractivity contribution in [3.63, 3.8) is 0 Å². The first-order chi connectivity index (χ1) is 11.5. The van der Waals surface area contributed by atoms with Gasteiger partial charge in [-0.25, -0.2) is 8.78 Å². The van der Waals surface area contributed by atoms with Crippen LogP contribution in [0, 0.1) is 0 Å². The molecule has 3 heterocycles. The van der Waals surface area contributed by atoms with E-state index in [0.29, 0.717) is 13.1 Å². The van der Waals surface area contributed by atoms with E-state index in [2.05, 4.69) is 10.2 Å². The van der Waals surface area contributed by atoms with Crippen molar-refractivity contribution in [3.8, 4) is 0 Å². The lowest BCUT2D eigenvalue weighted by atomic mass is 10.1. The van der Waals surface area contributed by atoms with Gasteiger partial charge >= 0.3 is 0 Å². The van der Waals surface area contributed by atoms with Crippen LogP contribution in [0.4, 0.5) is 8.78 Å². The Labute approximate surface area is 137 Å². The van der Waals surface area contributed by atoms with Crippen LogP contribution in [0.25, 0.3) is 0 Å². The highest BCUT2D eigenvalue weighted by Gasteiger charge is 2.47. The molecule has 0 aromatic carbocycles. The zero-order valence-electron chi connectivity index (χ0n) is 13.1. The van der Waals surface area contributed by atoms with E-state index in [-0.39, 0.29) is 18.7 Å². The molecule has 24 heavy (non-hydrogen) atoms. The van der Waals surface area contributed by atoms with Crippen molar-refractivity contribution in [2.75, 3.05) is 13.2 Å². The maximum absolute atomic E-state index is 13.6. The van der Waals surface area contributed by atoms with E-state index < -0.39 is 30.8 Å². The Morgan fingerprint density at radius 2 is 2.12 bits per heavy atom. The molecule has 130 valence electrons. The first-order valence-corrected chi connectivity index (χ1v) is 7.79. The number of hydrogen-bond acceptors (Lipinski definition) is 4. The van der Waals surface area contributed by atoms with Gasteiger partial charge in [0.1, 0.15) is 5.69 Å². The summed E-state index contributed by atoms with van der Waals surface area (Å²) >= 11 is 0. The van der Waals surface area contributed by atoms with E-state index in [1.165, 1.54) is 6.07 Å². The molecule has 1 aliphatic heterocycles. The minimum Gasteiger partial charge on any atom is -0.396 e. The quantitative estimate of drug-likeness (QED) is 0.852. The van der Waals surface area contributed by atoms with Crippen LogP contribution in [0.3, 0.4) is 0 Å². The molecule has 1 N–H and O–H groups in total. The number of halogens is 2. The molecule has 1 amide bonds. The maximum atomic E-state index is 13.6. The van der Waals surface area contributed by atoms with Crippen molar-refractivity contribution in [1.82, 2.24) is 24.5 Å². The number of aryl methyl sites for hydroxylation is 2. The zero-order chi connectivity index (χ0) is 17.2. The Bertz CT molecular complexity index is 686. The summed E-state index contributed by atoms with van der Waals surface area (Å²) < 4.78 is 30.6. The topological polar surface area (TPSA) is 76.2 Å². The Kier molecular flexibility index (Phi) is 4.61. The largest absolute Gasteiger partial charge is 0.396 e. The smallest absolute Gasteiger partial charge is 0.274 e. The number of carbonyl (C=O) groups is 1. The average molecular weight is 339 g/mol. The Morgan fingerprint density at radius 1 is 1.33 bits per heavy atom. The van der Waals surface area contributed by atoms with Gasteiger partial charge in [0.2, 0.25) is 0 Å². The molecule has 0 bridgehead atoms. The summed E-state index contributed by atoms with van der Waals surface area (Å²) in [6, 6.07) is 2.68. The van der Waals surface area contributed by atoms with Crippen molar-refractivity contribution in [1.29, 1.82) is 0 Å². The minimum atomic E-state index is -2.92. The van der Waals surface area contributed by atoms with Gasteiger partial charge < -0.3 is 10.0 Å². The monoisotopic (exact) mass is 339 g/mol. The number of amides is 1. The van der Waals surface area contributed by atoms with Gasteiger partial charge in [0.05, 0.1) is 19.6 Å². The molecule has 0 saturated carbocycles. The number of likely N-dealkylation sites (tertiary alicyclic amines) is 1. The van der Waals surface area contributed by atoms with Gasteiger partial charge in [-0.1, -0.05) is 0 Å². The SMILES string of the molecule is O=C(c1ccn(CCn2cccn2)n1)N1CC(F)(F)CC1CCO. The predicted octanol–water partition coefficient (Wildman–Crippen LogP) is 1.01. The summed E-state index contributed by atoms with van der Waals surface area (Å²) in [5.41, 5.74) is 0.135. The molecular weight excluding hydrogens is 320 g/mol. The second-order valence-electron chi connectivity index (χ2n) is 5.89. The molecule has 1 fully saturated rings. The summed E-state index contributed by atoms with van der Waals surface area (Å²) in [7, 11) is 0. The van der Waals surface area contributed by atoms with Gasteiger partial charge in [-0.3, -0.25) is 14.2 Å². The fourth-order valence-corrected chi connectivity index (χ4v) is 2.93. The lowest BCUT2D eigenvalue weighted by molar-refractivity contribution is 0.0116. The standard InChI is InChI=1S/C15H19F2N5O2/c16-15(17)10-12(3-9-23)22(11-15)14(24)13-2-6-21(19-13)8-7-20-5-1-4-18-20/h1-2,4-6,12,23H,3,7-11H2. The Balaban J connectivity index is 1.66. The van der Waals surface area contributed by atoms with Crippen LogP contribution in [0.2, 0.25) is 0 Å². The third-order valence-corrected chi connectivity index (χ3v) is 4.08. The maximum Gasteiger partial charge on any atom is 0.274 e. The second kappa shape index (κ2) is 6.68. The molecule has 0 spiro atoms. The molecule has 0 radical (unpaired) electrons. The van der Waals surface area contributed by atoms with E-state index in [0.717, 1.165) is 4.90 Å². The van der Waals surface area contributed by atoms with Gasteiger partial charge in [0, 0.05) is 37.7 Å². The first kappa shape index (κ1) is 16.6. The van der Waals surface area contributed by atoms with Crippen molar-refractivity contribution >= 4 is 5.91 Å². The molecule has 3 rings (SSSR count). The van der Waals surface area contributed by atoms with E-state index in [4.69, 9.17) is 5.11 Å². The fraction of sp³-hybridized carbons (Fsp3) is 0.533. The third kappa shape index (κ3) is 3.61. The number of nitrogens with zero attached hydrogens (tertiary/aromatic N) is 5. The van der Waals surface area contributed by atoms with Gasteiger partial charge in [0.15, 0.2) is 0 Å². The number of rotatable bonds is 6. The molecule has 7 nitrogen and oxygen atoms in total. The van der Waals surface area contributed by atoms with Gasteiger partial charge in [0.25, 0.3) is 11.8 Å². The molecule has 0 aliphatic carbocycles. The number of hydrogen-bond donors (Lipinski definition) is 1. The van der Waals surface area contributed by atoms with Crippen molar-refractivity contribution < 1.29 is 18.7 Å². The number of carbonyl (C=O) groups excluding carboxylic acids is 1. The van der Waals surface area contributed by atoms with E-state index in [1.54, 1.807) is 21.8 Å². The van der Waals surface area contributed by atoms with Crippen LogP contribution in [0.15, 0.2) is 30.7 Å². The van der Waals surface area contributed by atoms with Crippen LogP contribution < -0.4 is 0 Å². The fourth-order valence-electron chi connectivity index (χ4n) is 2.93. The van der Waals surface area contributed by atoms with Crippen molar-refractivity contribution in [2.24, 2.45) is 0 Å². The number of aromatic nitrogens is 4. The lowest BCUT2D eigenvalue weighted by Gasteiger charge is -2.22.